The van der Waals surface area contributed by atoms with E-state index in [2.05, 4.69) is 9.97 Å². The van der Waals surface area contributed by atoms with Gasteiger partial charge in [0, 0.05) is 18.0 Å². The molecule has 0 fully saturated rings. The van der Waals surface area contributed by atoms with Gasteiger partial charge in [0.05, 0.1) is 0 Å². The van der Waals surface area contributed by atoms with E-state index in [1.165, 1.54) is 0 Å². The summed E-state index contributed by atoms with van der Waals surface area (Å²) in [5, 5.41) is 0. The molecule has 1 aromatic heterocycles. The fourth-order valence-electron chi connectivity index (χ4n) is 1.12. The predicted molar refractivity (Wildman–Crippen MR) is 59.1 cm³/mol. The van der Waals surface area contributed by atoms with Gasteiger partial charge in [0.1, 0.15) is 0 Å². The van der Waals surface area contributed by atoms with E-state index in [0.29, 0.717) is 5.95 Å². The maximum absolute atomic E-state index is 5.38. The lowest BCUT2D eigenvalue weighted by Gasteiger charge is -1.99. The highest BCUT2D eigenvalue weighted by atomic mass is 35.5. The van der Waals surface area contributed by atoms with Crippen molar-refractivity contribution in [2.24, 2.45) is 0 Å². The van der Waals surface area contributed by atoms with Gasteiger partial charge in [0.25, 0.3) is 0 Å². The van der Waals surface area contributed by atoms with Crippen LogP contribution in [0.3, 0.4) is 0 Å². The summed E-state index contributed by atoms with van der Waals surface area (Å²) in [5.41, 5.74) is 7.46. The van der Waals surface area contributed by atoms with Crippen molar-refractivity contribution in [2.45, 2.75) is 0 Å². The zero-order chi connectivity index (χ0) is 9.10. The van der Waals surface area contributed by atoms with Gasteiger partial charge >= 0.3 is 0 Å². The molecule has 0 bridgehead atoms. The molecule has 0 radical (unpaired) electrons. The maximum atomic E-state index is 5.38. The number of benzene rings is 1. The molecule has 0 amide bonds. The molecule has 0 saturated carbocycles. The Kier molecular flexibility index (Phi) is 3.42. The SMILES string of the molecule is Cl.Nc1ncc(-c2ccccc2)cn1. The van der Waals surface area contributed by atoms with E-state index in [1.54, 1.807) is 12.4 Å². The number of nitrogens with two attached hydrogens (primary N) is 1. The Labute approximate surface area is 88.4 Å². The van der Waals surface area contributed by atoms with Crippen LogP contribution in [0.1, 0.15) is 0 Å². The second-order valence-electron chi connectivity index (χ2n) is 2.70. The molecule has 72 valence electrons. The summed E-state index contributed by atoms with van der Waals surface area (Å²) < 4.78 is 0. The molecule has 0 saturated heterocycles. The summed E-state index contributed by atoms with van der Waals surface area (Å²) in [6, 6.07) is 9.95. The molecule has 0 aliphatic carbocycles. The minimum absolute atomic E-state index is 0. The zero-order valence-electron chi connectivity index (χ0n) is 7.42. The van der Waals surface area contributed by atoms with Crippen LogP contribution in [0, 0.1) is 0 Å². The average Bonchev–Trinajstić information content (AvgIpc) is 2.20. The topological polar surface area (TPSA) is 51.8 Å². The molecule has 1 aromatic carbocycles. The smallest absolute Gasteiger partial charge is 0.219 e. The van der Waals surface area contributed by atoms with Gasteiger partial charge in [0.15, 0.2) is 0 Å². The number of rotatable bonds is 1. The van der Waals surface area contributed by atoms with E-state index >= 15 is 0 Å². The molecule has 1 heterocycles. The fraction of sp³-hybridized carbons (Fsp3) is 0. The largest absolute Gasteiger partial charge is 0.368 e. The van der Waals surface area contributed by atoms with Crippen LogP contribution in [0.25, 0.3) is 11.1 Å². The zero-order valence-corrected chi connectivity index (χ0v) is 8.24. The predicted octanol–water partition coefficient (Wildman–Crippen LogP) is 2.15. The molecule has 0 spiro atoms. The van der Waals surface area contributed by atoms with Crippen molar-refractivity contribution in [1.82, 2.24) is 9.97 Å². The summed E-state index contributed by atoms with van der Waals surface area (Å²) in [7, 11) is 0. The van der Waals surface area contributed by atoms with Crippen LogP contribution in [0.2, 0.25) is 0 Å². The normalized spacial score (nSPS) is 9.14. The third kappa shape index (κ3) is 2.20. The first-order valence-electron chi connectivity index (χ1n) is 3.99. The minimum atomic E-state index is 0. The van der Waals surface area contributed by atoms with Crippen molar-refractivity contribution < 1.29 is 0 Å². The Morgan fingerprint density at radius 2 is 1.43 bits per heavy atom. The highest BCUT2D eigenvalue weighted by Gasteiger charge is 1.96. The van der Waals surface area contributed by atoms with Crippen molar-refractivity contribution >= 4 is 18.4 Å². The fourth-order valence-corrected chi connectivity index (χ4v) is 1.12. The van der Waals surface area contributed by atoms with Crippen molar-refractivity contribution in [1.29, 1.82) is 0 Å². The first-order valence-corrected chi connectivity index (χ1v) is 3.99. The Balaban J connectivity index is 0.000000980. The maximum Gasteiger partial charge on any atom is 0.219 e. The van der Waals surface area contributed by atoms with Gasteiger partial charge in [-0.15, -0.1) is 12.4 Å². The van der Waals surface area contributed by atoms with E-state index in [4.69, 9.17) is 5.73 Å². The Bertz CT molecular complexity index is 386. The second kappa shape index (κ2) is 4.58. The van der Waals surface area contributed by atoms with Crippen molar-refractivity contribution in [2.75, 3.05) is 5.73 Å². The van der Waals surface area contributed by atoms with Gasteiger partial charge in [-0.3, -0.25) is 0 Å². The number of hydrogen-bond donors (Lipinski definition) is 1. The summed E-state index contributed by atoms with van der Waals surface area (Å²) in [5.74, 6) is 0.305. The number of nitrogen functional groups attached to an aromatic ring is 1. The lowest BCUT2D eigenvalue weighted by molar-refractivity contribution is 1.19. The average molecular weight is 208 g/mol. The van der Waals surface area contributed by atoms with Crippen LogP contribution in [-0.4, -0.2) is 9.97 Å². The number of nitrogens with zero attached hydrogens (tertiary/aromatic N) is 2. The minimum Gasteiger partial charge on any atom is -0.368 e. The van der Waals surface area contributed by atoms with Gasteiger partial charge in [-0.05, 0) is 5.56 Å². The second-order valence-corrected chi connectivity index (χ2v) is 2.70. The summed E-state index contributed by atoms with van der Waals surface area (Å²) in [6.45, 7) is 0. The highest BCUT2D eigenvalue weighted by Crippen LogP contribution is 2.16. The van der Waals surface area contributed by atoms with Crippen LogP contribution < -0.4 is 5.73 Å². The van der Waals surface area contributed by atoms with E-state index in [9.17, 15) is 0 Å². The van der Waals surface area contributed by atoms with Gasteiger partial charge in [-0.2, -0.15) is 0 Å². The number of aromatic nitrogens is 2. The van der Waals surface area contributed by atoms with Crippen molar-refractivity contribution in [3.8, 4) is 11.1 Å². The van der Waals surface area contributed by atoms with Gasteiger partial charge in [-0.1, -0.05) is 30.3 Å². The lowest BCUT2D eigenvalue weighted by Crippen LogP contribution is -1.93. The molecule has 0 unspecified atom stereocenters. The first-order chi connectivity index (χ1) is 6.36. The van der Waals surface area contributed by atoms with Crippen LogP contribution in [0.5, 0.6) is 0 Å². The summed E-state index contributed by atoms with van der Waals surface area (Å²) >= 11 is 0. The van der Waals surface area contributed by atoms with Gasteiger partial charge in [0.2, 0.25) is 5.95 Å². The number of anilines is 1. The molecular formula is C10H10ClN3. The molecular weight excluding hydrogens is 198 g/mol. The molecule has 2 N–H and O–H groups in total. The number of hydrogen-bond acceptors (Lipinski definition) is 3. The number of halogens is 1. The molecule has 4 heteroatoms. The first kappa shape index (κ1) is 10.5. The monoisotopic (exact) mass is 207 g/mol. The van der Waals surface area contributed by atoms with Crippen molar-refractivity contribution in [3.05, 3.63) is 42.7 Å². The van der Waals surface area contributed by atoms with E-state index < -0.39 is 0 Å². The van der Waals surface area contributed by atoms with E-state index in [0.717, 1.165) is 11.1 Å². The van der Waals surface area contributed by atoms with Crippen molar-refractivity contribution in [3.63, 3.8) is 0 Å². The van der Waals surface area contributed by atoms with Crippen LogP contribution in [0.4, 0.5) is 5.95 Å². The molecule has 2 rings (SSSR count). The van der Waals surface area contributed by atoms with E-state index in [1.807, 2.05) is 30.3 Å². The molecule has 14 heavy (non-hydrogen) atoms. The summed E-state index contributed by atoms with van der Waals surface area (Å²) in [6.07, 6.45) is 3.44. The molecule has 3 nitrogen and oxygen atoms in total. The Morgan fingerprint density at radius 1 is 0.857 bits per heavy atom. The van der Waals surface area contributed by atoms with Crippen LogP contribution in [0.15, 0.2) is 42.7 Å². The lowest BCUT2D eigenvalue weighted by atomic mass is 10.1. The van der Waals surface area contributed by atoms with Gasteiger partial charge in [-0.25, -0.2) is 9.97 Å². The third-order valence-corrected chi connectivity index (χ3v) is 1.78. The molecule has 0 aliphatic rings. The van der Waals surface area contributed by atoms with Crippen LogP contribution >= 0.6 is 12.4 Å². The third-order valence-electron chi connectivity index (χ3n) is 1.78. The van der Waals surface area contributed by atoms with E-state index in [-0.39, 0.29) is 12.4 Å². The molecule has 0 atom stereocenters. The quantitative estimate of drug-likeness (QED) is 0.780. The highest BCUT2D eigenvalue weighted by molar-refractivity contribution is 5.85. The Hall–Kier alpha value is -1.61. The van der Waals surface area contributed by atoms with Gasteiger partial charge < -0.3 is 5.73 Å². The molecule has 0 aliphatic heterocycles. The summed E-state index contributed by atoms with van der Waals surface area (Å²) in [4.78, 5) is 7.84. The molecule has 2 aromatic rings. The Morgan fingerprint density at radius 3 is 2.00 bits per heavy atom. The standard InChI is InChI=1S/C10H9N3.ClH/c11-10-12-6-9(7-13-10)8-4-2-1-3-5-8;/h1-7H,(H2,11,12,13);1H. The van der Waals surface area contributed by atoms with Crippen LogP contribution in [-0.2, 0) is 0 Å².